The summed E-state index contributed by atoms with van der Waals surface area (Å²) in [6, 6.07) is 1.89. The minimum Gasteiger partial charge on any atom is -0.353 e. The Labute approximate surface area is 136 Å². The van der Waals surface area contributed by atoms with E-state index in [4.69, 9.17) is 11.6 Å². The molecule has 0 saturated carbocycles. The summed E-state index contributed by atoms with van der Waals surface area (Å²) in [6.45, 7) is 4.33. The number of rotatable bonds is 1. The van der Waals surface area contributed by atoms with Gasteiger partial charge in [0.2, 0.25) is 0 Å². The molecule has 4 rings (SSSR count). The number of anilines is 1. The maximum Gasteiger partial charge on any atom is 0.180 e. The van der Waals surface area contributed by atoms with E-state index in [-0.39, 0.29) is 0 Å². The molecule has 0 bridgehead atoms. The fourth-order valence-corrected chi connectivity index (χ4v) is 4.07. The van der Waals surface area contributed by atoms with Gasteiger partial charge in [0, 0.05) is 36.8 Å². The van der Waals surface area contributed by atoms with E-state index in [0.717, 1.165) is 42.0 Å². The van der Waals surface area contributed by atoms with Gasteiger partial charge in [0.1, 0.15) is 5.52 Å². The quantitative estimate of drug-likeness (QED) is 0.773. The summed E-state index contributed by atoms with van der Waals surface area (Å²) in [5.41, 5.74) is 1.36. The average Bonchev–Trinajstić information content (AvgIpc) is 2.94. The fraction of sp³-hybridized carbons (Fsp3) is 0.500. The van der Waals surface area contributed by atoms with E-state index in [1.807, 2.05) is 6.07 Å². The van der Waals surface area contributed by atoms with E-state index in [1.165, 1.54) is 0 Å². The summed E-state index contributed by atoms with van der Waals surface area (Å²) < 4.78 is 0.881. The van der Waals surface area contributed by atoms with Gasteiger partial charge in [0.15, 0.2) is 16.6 Å². The van der Waals surface area contributed by atoms with Crippen LogP contribution in [-0.2, 0) is 0 Å². The van der Waals surface area contributed by atoms with E-state index in [2.05, 4.69) is 47.7 Å². The molecule has 2 aliphatic rings. The lowest BCUT2D eigenvalue weighted by atomic mass is 10.0. The van der Waals surface area contributed by atoms with Crippen LogP contribution in [0.1, 0.15) is 0 Å². The van der Waals surface area contributed by atoms with Crippen molar-refractivity contribution in [3.05, 3.63) is 21.9 Å². The highest BCUT2D eigenvalue weighted by atomic mass is 79.9. The molecule has 4 heterocycles. The van der Waals surface area contributed by atoms with Crippen LogP contribution in [0.5, 0.6) is 0 Å². The van der Waals surface area contributed by atoms with Crippen molar-refractivity contribution in [2.45, 2.75) is 0 Å². The Kier molecular flexibility index (Phi) is 3.28. The maximum atomic E-state index is 6.35. The lowest BCUT2D eigenvalue weighted by Gasteiger charge is -2.21. The Morgan fingerprint density at radius 1 is 1.19 bits per heavy atom. The van der Waals surface area contributed by atoms with Crippen LogP contribution in [0.3, 0.4) is 0 Å². The van der Waals surface area contributed by atoms with Gasteiger partial charge in [-0.1, -0.05) is 11.6 Å². The van der Waals surface area contributed by atoms with E-state index in [1.54, 1.807) is 6.20 Å². The van der Waals surface area contributed by atoms with Crippen molar-refractivity contribution in [3.63, 3.8) is 0 Å². The summed E-state index contributed by atoms with van der Waals surface area (Å²) in [5.74, 6) is 2.19. The average molecular weight is 369 g/mol. The van der Waals surface area contributed by atoms with Crippen LogP contribution < -0.4 is 4.90 Å². The highest BCUT2D eigenvalue weighted by Gasteiger charge is 2.39. The summed E-state index contributed by atoms with van der Waals surface area (Å²) in [7, 11) is 2.19. The molecule has 0 radical (unpaired) electrons. The Bertz CT molecular complexity index is 695. The van der Waals surface area contributed by atoms with E-state index in [9.17, 15) is 0 Å². The fourth-order valence-electron chi connectivity index (χ4n) is 3.49. The minimum atomic E-state index is 0.468. The molecule has 110 valence electrons. The number of hydrogen-bond donors (Lipinski definition) is 0. The lowest BCUT2D eigenvalue weighted by Crippen LogP contribution is -2.27. The molecule has 2 aliphatic heterocycles. The van der Waals surface area contributed by atoms with Crippen LogP contribution in [0, 0.1) is 11.8 Å². The first-order valence-corrected chi connectivity index (χ1v) is 8.19. The predicted molar refractivity (Wildman–Crippen MR) is 86.7 cm³/mol. The number of halogens is 2. The van der Waals surface area contributed by atoms with Crippen molar-refractivity contribution >= 4 is 44.5 Å². The van der Waals surface area contributed by atoms with Crippen molar-refractivity contribution in [2.75, 3.05) is 38.1 Å². The Morgan fingerprint density at radius 2 is 1.90 bits per heavy atom. The summed E-state index contributed by atoms with van der Waals surface area (Å²) in [6.07, 6.45) is 1.74. The molecule has 21 heavy (non-hydrogen) atoms. The standard InChI is InChI=1S/C14H15BrClN5/c1-20-4-8-6-21(7-9(8)5-20)14-12(16)18-11-2-10(15)3-17-13(11)19-14/h2-3,8-9H,4-7H2,1H3. The van der Waals surface area contributed by atoms with Gasteiger partial charge in [0.05, 0.1) is 0 Å². The van der Waals surface area contributed by atoms with Crippen LogP contribution in [-0.4, -0.2) is 53.1 Å². The molecular formula is C14H15BrClN5. The Morgan fingerprint density at radius 3 is 2.62 bits per heavy atom. The molecule has 7 heteroatoms. The van der Waals surface area contributed by atoms with Gasteiger partial charge in [-0.2, -0.15) is 0 Å². The molecule has 5 nitrogen and oxygen atoms in total. The van der Waals surface area contributed by atoms with Crippen LogP contribution >= 0.6 is 27.5 Å². The Balaban J connectivity index is 1.68. The zero-order valence-electron chi connectivity index (χ0n) is 11.6. The third-order valence-electron chi connectivity index (χ3n) is 4.40. The van der Waals surface area contributed by atoms with Crippen LogP contribution in [0.25, 0.3) is 11.2 Å². The molecule has 2 saturated heterocycles. The van der Waals surface area contributed by atoms with Crippen LogP contribution in [0.4, 0.5) is 5.82 Å². The third kappa shape index (κ3) is 2.39. The second kappa shape index (κ2) is 5.04. The normalized spacial score (nSPS) is 25.8. The molecule has 0 N–H and O–H groups in total. The molecule has 2 atom stereocenters. The SMILES string of the molecule is CN1CC2CN(c3nc4ncc(Br)cc4nc3Cl)CC2C1. The Hall–Kier alpha value is -0.980. The molecule has 2 fully saturated rings. The zero-order valence-corrected chi connectivity index (χ0v) is 14.0. The highest BCUT2D eigenvalue weighted by molar-refractivity contribution is 9.10. The number of nitrogens with zero attached hydrogens (tertiary/aromatic N) is 5. The molecule has 2 unspecified atom stereocenters. The first-order valence-electron chi connectivity index (χ1n) is 7.02. The van der Waals surface area contributed by atoms with Gasteiger partial charge in [-0.15, -0.1) is 0 Å². The maximum absolute atomic E-state index is 6.35. The van der Waals surface area contributed by atoms with Crippen molar-refractivity contribution < 1.29 is 0 Å². The number of fused-ring (bicyclic) bond motifs is 2. The van der Waals surface area contributed by atoms with Crippen molar-refractivity contribution in [1.29, 1.82) is 0 Å². The highest BCUT2D eigenvalue weighted by Crippen LogP contribution is 2.35. The molecule has 0 spiro atoms. The molecule has 2 aromatic rings. The topological polar surface area (TPSA) is 45.2 Å². The monoisotopic (exact) mass is 367 g/mol. The zero-order chi connectivity index (χ0) is 14.6. The first-order chi connectivity index (χ1) is 10.1. The van der Waals surface area contributed by atoms with Gasteiger partial charge in [-0.25, -0.2) is 15.0 Å². The number of pyridine rings is 1. The number of likely N-dealkylation sites (tertiary alicyclic amines) is 1. The molecule has 2 aromatic heterocycles. The lowest BCUT2D eigenvalue weighted by molar-refractivity contribution is 0.387. The van der Waals surface area contributed by atoms with E-state index in [0.29, 0.717) is 22.6 Å². The first kappa shape index (κ1) is 13.7. The summed E-state index contributed by atoms with van der Waals surface area (Å²) in [5, 5.41) is 0.468. The third-order valence-corrected chi connectivity index (χ3v) is 5.08. The van der Waals surface area contributed by atoms with E-state index >= 15 is 0 Å². The van der Waals surface area contributed by atoms with Gasteiger partial charge in [-0.3, -0.25) is 0 Å². The van der Waals surface area contributed by atoms with Crippen LogP contribution in [0.2, 0.25) is 5.15 Å². The van der Waals surface area contributed by atoms with Gasteiger partial charge >= 0.3 is 0 Å². The van der Waals surface area contributed by atoms with Crippen LogP contribution in [0.15, 0.2) is 16.7 Å². The second-order valence-corrected chi connectivity index (χ2v) is 7.25. The smallest absolute Gasteiger partial charge is 0.180 e. The molecule has 0 amide bonds. The van der Waals surface area contributed by atoms with Crippen molar-refractivity contribution in [3.8, 4) is 0 Å². The van der Waals surface area contributed by atoms with Gasteiger partial charge in [-0.05, 0) is 40.9 Å². The van der Waals surface area contributed by atoms with Gasteiger partial charge in [0.25, 0.3) is 0 Å². The second-order valence-electron chi connectivity index (χ2n) is 5.98. The number of hydrogen-bond acceptors (Lipinski definition) is 5. The van der Waals surface area contributed by atoms with Crippen molar-refractivity contribution in [1.82, 2.24) is 19.9 Å². The van der Waals surface area contributed by atoms with E-state index < -0.39 is 0 Å². The van der Waals surface area contributed by atoms with Gasteiger partial charge < -0.3 is 9.80 Å². The molecular weight excluding hydrogens is 354 g/mol. The minimum absolute atomic E-state index is 0.468. The molecule has 0 aromatic carbocycles. The molecule has 0 aliphatic carbocycles. The summed E-state index contributed by atoms with van der Waals surface area (Å²) >= 11 is 9.74. The summed E-state index contributed by atoms with van der Waals surface area (Å²) in [4.78, 5) is 18.1. The number of aromatic nitrogens is 3. The largest absolute Gasteiger partial charge is 0.353 e. The predicted octanol–water partition coefficient (Wildman–Crippen LogP) is 2.44. The van der Waals surface area contributed by atoms with Crippen molar-refractivity contribution in [2.24, 2.45) is 11.8 Å².